The molecule has 0 radical (unpaired) electrons. The standard InChI is InChI=1S/C22H23ClN2O5/c23-18-11-15(12-19-22(18)29-10-2-9-28-19)13-24-20(26)14-30-17-6-4-16(5-7-17)25-8-1-3-21(25)27/h4-7,11-12H,1-3,8-10,13-14H2,(H,24,26). The van der Waals surface area contributed by atoms with E-state index in [2.05, 4.69) is 5.32 Å². The lowest BCUT2D eigenvalue weighted by molar-refractivity contribution is -0.123. The van der Waals surface area contributed by atoms with Crippen LogP contribution in [0, 0.1) is 0 Å². The third-order valence-electron chi connectivity index (χ3n) is 4.94. The third kappa shape index (κ3) is 4.79. The third-order valence-corrected chi connectivity index (χ3v) is 5.22. The maximum atomic E-state index is 12.2. The molecule has 1 N–H and O–H groups in total. The van der Waals surface area contributed by atoms with Crippen LogP contribution in [0.2, 0.25) is 5.02 Å². The van der Waals surface area contributed by atoms with Gasteiger partial charge >= 0.3 is 0 Å². The van der Waals surface area contributed by atoms with Crippen molar-refractivity contribution in [3.63, 3.8) is 0 Å². The van der Waals surface area contributed by atoms with E-state index in [-0.39, 0.29) is 18.4 Å². The summed E-state index contributed by atoms with van der Waals surface area (Å²) < 4.78 is 16.8. The Labute approximate surface area is 179 Å². The lowest BCUT2D eigenvalue weighted by atomic mass is 10.2. The number of nitrogens with zero attached hydrogens (tertiary/aromatic N) is 1. The summed E-state index contributed by atoms with van der Waals surface area (Å²) in [6.07, 6.45) is 2.27. The highest BCUT2D eigenvalue weighted by Gasteiger charge is 2.21. The molecule has 0 aliphatic carbocycles. The van der Waals surface area contributed by atoms with Crippen LogP contribution < -0.4 is 24.4 Å². The minimum atomic E-state index is -0.253. The number of amides is 2. The van der Waals surface area contributed by atoms with Crippen molar-refractivity contribution in [2.45, 2.75) is 25.8 Å². The van der Waals surface area contributed by atoms with E-state index in [1.54, 1.807) is 23.1 Å². The van der Waals surface area contributed by atoms with Gasteiger partial charge in [-0.15, -0.1) is 0 Å². The molecule has 8 heteroatoms. The normalized spacial score (nSPS) is 15.6. The van der Waals surface area contributed by atoms with E-state index in [1.807, 2.05) is 18.2 Å². The average molecular weight is 431 g/mol. The fourth-order valence-corrected chi connectivity index (χ4v) is 3.72. The lowest BCUT2D eigenvalue weighted by Crippen LogP contribution is -2.28. The number of carbonyl (C=O) groups excluding carboxylic acids is 2. The molecular formula is C22H23ClN2O5. The predicted molar refractivity (Wildman–Crippen MR) is 112 cm³/mol. The van der Waals surface area contributed by atoms with E-state index < -0.39 is 0 Å². The highest BCUT2D eigenvalue weighted by molar-refractivity contribution is 6.32. The van der Waals surface area contributed by atoms with Crippen LogP contribution in [-0.4, -0.2) is 38.2 Å². The number of hydrogen-bond donors (Lipinski definition) is 1. The molecule has 0 atom stereocenters. The largest absolute Gasteiger partial charge is 0.489 e. The van der Waals surface area contributed by atoms with Crippen molar-refractivity contribution >= 4 is 29.1 Å². The predicted octanol–water partition coefficient (Wildman–Crippen LogP) is 3.32. The molecular weight excluding hydrogens is 408 g/mol. The van der Waals surface area contributed by atoms with Gasteiger partial charge in [0.1, 0.15) is 5.75 Å². The summed E-state index contributed by atoms with van der Waals surface area (Å²) in [6, 6.07) is 10.8. The molecule has 0 saturated carbocycles. The van der Waals surface area contributed by atoms with E-state index in [4.69, 9.17) is 25.8 Å². The Morgan fingerprint density at radius 3 is 2.70 bits per heavy atom. The number of ether oxygens (including phenoxy) is 3. The molecule has 0 spiro atoms. The van der Waals surface area contributed by atoms with Gasteiger partial charge < -0.3 is 24.4 Å². The molecule has 0 unspecified atom stereocenters. The molecule has 158 valence electrons. The second-order valence-electron chi connectivity index (χ2n) is 7.16. The molecule has 2 heterocycles. The summed E-state index contributed by atoms with van der Waals surface area (Å²) in [4.78, 5) is 25.7. The summed E-state index contributed by atoms with van der Waals surface area (Å²) in [7, 11) is 0. The van der Waals surface area contributed by atoms with Crippen LogP contribution in [0.3, 0.4) is 0 Å². The van der Waals surface area contributed by atoms with Crippen LogP contribution in [0.15, 0.2) is 36.4 Å². The van der Waals surface area contributed by atoms with Gasteiger partial charge in [0.25, 0.3) is 5.91 Å². The molecule has 0 aromatic heterocycles. The number of fused-ring (bicyclic) bond motifs is 1. The van der Waals surface area contributed by atoms with E-state index >= 15 is 0 Å². The zero-order valence-corrected chi connectivity index (χ0v) is 17.2. The Bertz CT molecular complexity index is 932. The average Bonchev–Trinajstić information content (AvgIpc) is 3.03. The summed E-state index contributed by atoms with van der Waals surface area (Å²) in [6.45, 7) is 2.06. The molecule has 2 aliphatic heterocycles. The number of halogens is 1. The van der Waals surface area contributed by atoms with Gasteiger partial charge in [0.15, 0.2) is 18.1 Å². The minimum Gasteiger partial charge on any atom is -0.489 e. The second-order valence-corrected chi connectivity index (χ2v) is 7.57. The minimum absolute atomic E-state index is 0.111. The van der Waals surface area contributed by atoms with Gasteiger partial charge in [-0.25, -0.2) is 0 Å². The lowest BCUT2D eigenvalue weighted by Gasteiger charge is -2.16. The van der Waals surface area contributed by atoms with Crippen LogP contribution >= 0.6 is 11.6 Å². The Morgan fingerprint density at radius 2 is 1.93 bits per heavy atom. The number of rotatable bonds is 6. The SMILES string of the molecule is O=C(COc1ccc(N2CCCC2=O)cc1)NCc1cc(Cl)c2c(c1)OCCCO2. The molecule has 1 fully saturated rings. The van der Waals surface area contributed by atoms with Crippen LogP contribution in [0.4, 0.5) is 5.69 Å². The van der Waals surface area contributed by atoms with Crippen LogP contribution in [0.25, 0.3) is 0 Å². The fraction of sp³-hybridized carbons (Fsp3) is 0.364. The molecule has 2 aromatic rings. The second kappa shape index (κ2) is 9.26. The van der Waals surface area contributed by atoms with Crippen molar-refractivity contribution in [1.82, 2.24) is 5.32 Å². The van der Waals surface area contributed by atoms with Gasteiger partial charge in [-0.1, -0.05) is 11.6 Å². The van der Waals surface area contributed by atoms with Crippen molar-refractivity contribution in [3.8, 4) is 17.2 Å². The number of hydrogen-bond acceptors (Lipinski definition) is 5. The highest BCUT2D eigenvalue weighted by atomic mass is 35.5. The number of anilines is 1. The zero-order valence-electron chi connectivity index (χ0n) is 16.5. The quantitative estimate of drug-likeness (QED) is 0.760. The number of carbonyl (C=O) groups is 2. The van der Waals surface area contributed by atoms with Gasteiger partial charge in [0.2, 0.25) is 5.91 Å². The van der Waals surface area contributed by atoms with E-state index in [0.717, 1.165) is 30.6 Å². The molecule has 7 nitrogen and oxygen atoms in total. The van der Waals surface area contributed by atoms with Crippen molar-refractivity contribution in [3.05, 3.63) is 47.0 Å². The Kier molecular flexibility index (Phi) is 6.28. The fourth-order valence-electron chi connectivity index (χ4n) is 3.43. The van der Waals surface area contributed by atoms with E-state index in [0.29, 0.717) is 48.5 Å². The summed E-state index contributed by atoms with van der Waals surface area (Å²) in [5, 5.41) is 3.27. The van der Waals surface area contributed by atoms with Crippen molar-refractivity contribution in [1.29, 1.82) is 0 Å². The number of benzene rings is 2. The summed E-state index contributed by atoms with van der Waals surface area (Å²) >= 11 is 6.28. The molecule has 30 heavy (non-hydrogen) atoms. The maximum absolute atomic E-state index is 12.2. The maximum Gasteiger partial charge on any atom is 0.258 e. The molecule has 2 amide bonds. The monoisotopic (exact) mass is 430 g/mol. The molecule has 4 rings (SSSR count). The van der Waals surface area contributed by atoms with Gasteiger partial charge in [-0.3, -0.25) is 9.59 Å². The van der Waals surface area contributed by atoms with Crippen molar-refractivity contribution in [2.24, 2.45) is 0 Å². The van der Waals surface area contributed by atoms with Gasteiger partial charge in [0, 0.05) is 31.6 Å². The molecule has 2 aromatic carbocycles. The van der Waals surface area contributed by atoms with Crippen molar-refractivity contribution < 1.29 is 23.8 Å². The Hall–Kier alpha value is -2.93. The van der Waals surface area contributed by atoms with E-state index in [1.165, 1.54) is 0 Å². The van der Waals surface area contributed by atoms with Gasteiger partial charge in [0.05, 0.1) is 18.2 Å². The molecule has 0 bridgehead atoms. The van der Waals surface area contributed by atoms with Crippen LogP contribution in [0.5, 0.6) is 17.2 Å². The van der Waals surface area contributed by atoms with Crippen LogP contribution in [0.1, 0.15) is 24.8 Å². The zero-order chi connectivity index (χ0) is 20.9. The first-order chi connectivity index (χ1) is 14.6. The smallest absolute Gasteiger partial charge is 0.258 e. The summed E-state index contributed by atoms with van der Waals surface area (Å²) in [5.41, 5.74) is 1.66. The molecule has 1 saturated heterocycles. The molecule has 2 aliphatic rings. The van der Waals surface area contributed by atoms with E-state index in [9.17, 15) is 9.59 Å². The topological polar surface area (TPSA) is 77.1 Å². The Balaban J connectivity index is 1.28. The van der Waals surface area contributed by atoms with Gasteiger partial charge in [-0.2, -0.15) is 0 Å². The Morgan fingerprint density at radius 1 is 1.13 bits per heavy atom. The first kappa shape index (κ1) is 20.3. The summed E-state index contributed by atoms with van der Waals surface area (Å²) in [5.74, 6) is 1.60. The van der Waals surface area contributed by atoms with Crippen LogP contribution in [-0.2, 0) is 16.1 Å². The van der Waals surface area contributed by atoms with Gasteiger partial charge in [-0.05, 0) is 48.4 Å². The highest BCUT2D eigenvalue weighted by Crippen LogP contribution is 2.38. The van der Waals surface area contributed by atoms with Crippen molar-refractivity contribution in [2.75, 3.05) is 31.3 Å². The first-order valence-electron chi connectivity index (χ1n) is 9.98. The first-order valence-corrected chi connectivity index (χ1v) is 10.4. The number of nitrogens with one attached hydrogen (secondary N) is 1.